The molecule has 0 bridgehead atoms. The second-order valence-corrected chi connectivity index (χ2v) is 3.97. The highest BCUT2D eigenvalue weighted by molar-refractivity contribution is 6.08. The number of hydrogen-bond donors (Lipinski definition) is 2. The highest BCUT2D eigenvalue weighted by Crippen LogP contribution is 2.20. The van der Waals surface area contributed by atoms with Gasteiger partial charge in [-0.25, -0.2) is 4.39 Å². The Morgan fingerprint density at radius 3 is 2.56 bits per heavy atom. The van der Waals surface area contributed by atoms with E-state index in [1.807, 2.05) is 0 Å². The maximum Gasteiger partial charge on any atom is 0.257 e. The molecule has 4 heteroatoms. The number of carbonyl (C=O) groups excluding carboxylic acids is 1. The van der Waals surface area contributed by atoms with Gasteiger partial charge in [0.05, 0.1) is 11.3 Å². The number of para-hydroxylation sites is 2. The monoisotopic (exact) mass is 244 g/mol. The number of benzene rings is 2. The Balaban J connectivity index is 2.30. The molecule has 0 aliphatic carbocycles. The summed E-state index contributed by atoms with van der Waals surface area (Å²) in [6.07, 6.45) is 0. The van der Waals surface area contributed by atoms with Gasteiger partial charge in [0.25, 0.3) is 5.91 Å². The van der Waals surface area contributed by atoms with Gasteiger partial charge in [-0.05, 0) is 30.7 Å². The Bertz CT molecular complexity index is 576. The fourth-order valence-electron chi connectivity index (χ4n) is 1.67. The summed E-state index contributed by atoms with van der Waals surface area (Å²) in [4.78, 5) is 12.0. The van der Waals surface area contributed by atoms with Crippen molar-refractivity contribution >= 4 is 17.3 Å². The van der Waals surface area contributed by atoms with E-state index >= 15 is 0 Å². The molecule has 0 spiro atoms. The summed E-state index contributed by atoms with van der Waals surface area (Å²) in [5, 5.41) is 2.54. The van der Waals surface area contributed by atoms with Gasteiger partial charge in [0.1, 0.15) is 5.82 Å². The van der Waals surface area contributed by atoms with Crippen LogP contribution in [-0.2, 0) is 0 Å². The molecule has 0 aliphatic rings. The average molecular weight is 244 g/mol. The first-order valence-corrected chi connectivity index (χ1v) is 5.50. The van der Waals surface area contributed by atoms with Crippen LogP contribution in [0.4, 0.5) is 15.8 Å². The molecule has 0 heterocycles. The number of nitrogen functional groups attached to an aromatic ring is 1. The molecular weight excluding hydrogens is 231 g/mol. The molecule has 3 nitrogen and oxygen atoms in total. The van der Waals surface area contributed by atoms with Crippen LogP contribution in [0.25, 0.3) is 0 Å². The highest BCUT2D eigenvalue weighted by atomic mass is 19.1. The molecule has 0 saturated heterocycles. The van der Waals surface area contributed by atoms with Crippen LogP contribution < -0.4 is 11.1 Å². The molecule has 0 radical (unpaired) electrons. The molecule has 18 heavy (non-hydrogen) atoms. The minimum Gasteiger partial charge on any atom is -0.398 e. The summed E-state index contributed by atoms with van der Waals surface area (Å²) in [7, 11) is 0. The second-order valence-electron chi connectivity index (χ2n) is 3.97. The lowest BCUT2D eigenvalue weighted by atomic mass is 10.1. The summed E-state index contributed by atoms with van der Waals surface area (Å²) < 4.78 is 13.6. The van der Waals surface area contributed by atoms with E-state index in [-0.39, 0.29) is 5.69 Å². The van der Waals surface area contributed by atoms with E-state index in [1.165, 1.54) is 6.07 Å². The largest absolute Gasteiger partial charge is 0.398 e. The zero-order chi connectivity index (χ0) is 13.1. The molecule has 0 aliphatic heterocycles. The molecule has 0 atom stereocenters. The first-order valence-electron chi connectivity index (χ1n) is 5.50. The van der Waals surface area contributed by atoms with Crippen LogP contribution in [0.1, 0.15) is 15.9 Å². The van der Waals surface area contributed by atoms with Crippen molar-refractivity contribution < 1.29 is 9.18 Å². The number of rotatable bonds is 2. The van der Waals surface area contributed by atoms with Gasteiger partial charge in [0, 0.05) is 5.69 Å². The van der Waals surface area contributed by atoms with Crippen molar-refractivity contribution in [3.8, 4) is 0 Å². The normalized spacial score (nSPS) is 10.1. The zero-order valence-electron chi connectivity index (χ0n) is 9.91. The molecule has 3 N–H and O–H groups in total. The smallest absolute Gasteiger partial charge is 0.257 e. The number of hydrogen-bond acceptors (Lipinski definition) is 2. The Morgan fingerprint density at radius 2 is 1.89 bits per heavy atom. The Labute approximate surface area is 104 Å². The quantitative estimate of drug-likeness (QED) is 0.798. The van der Waals surface area contributed by atoms with Crippen LogP contribution >= 0.6 is 0 Å². The maximum absolute atomic E-state index is 13.6. The molecule has 0 unspecified atom stereocenters. The number of anilines is 2. The van der Waals surface area contributed by atoms with E-state index in [2.05, 4.69) is 5.32 Å². The number of nitrogens with two attached hydrogens (primary N) is 1. The number of aryl methyl sites for hydroxylation is 1. The Kier molecular flexibility index (Phi) is 3.28. The first kappa shape index (κ1) is 12.1. The van der Waals surface area contributed by atoms with E-state index in [0.29, 0.717) is 16.8 Å². The molecule has 2 aromatic carbocycles. The number of nitrogens with one attached hydrogen (secondary N) is 1. The first-order chi connectivity index (χ1) is 8.59. The summed E-state index contributed by atoms with van der Waals surface area (Å²) in [5.41, 5.74) is 7.25. The number of halogens is 1. The van der Waals surface area contributed by atoms with Gasteiger partial charge >= 0.3 is 0 Å². The highest BCUT2D eigenvalue weighted by Gasteiger charge is 2.12. The van der Waals surface area contributed by atoms with Crippen LogP contribution in [0.5, 0.6) is 0 Å². The van der Waals surface area contributed by atoms with E-state index in [1.54, 1.807) is 43.3 Å². The van der Waals surface area contributed by atoms with Crippen molar-refractivity contribution in [2.75, 3.05) is 11.1 Å². The third-order valence-electron chi connectivity index (χ3n) is 2.67. The van der Waals surface area contributed by atoms with Crippen LogP contribution in [0.2, 0.25) is 0 Å². The van der Waals surface area contributed by atoms with Gasteiger partial charge in [-0.15, -0.1) is 0 Å². The van der Waals surface area contributed by atoms with Crippen LogP contribution in [-0.4, -0.2) is 5.91 Å². The zero-order valence-corrected chi connectivity index (χ0v) is 9.91. The van der Waals surface area contributed by atoms with E-state index in [9.17, 15) is 9.18 Å². The summed E-state index contributed by atoms with van der Waals surface area (Å²) >= 11 is 0. The van der Waals surface area contributed by atoms with Gasteiger partial charge in [-0.3, -0.25) is 4.79 Å². The molecule has 1 amide bonds. The van der Waals surface area contributed by atoms with Crippen molar-refractivity contribution in [3.63, 3.8) is 0 Å². The lowest BCUT2D eigenvalue weighted by Crippen LogP contribution is -2.15. The summed E-state index contributed by atoms with van der Waals surface area (Å²) in [6.45, 7) is 1.73. The third-order valence-corrected chi connectivity index (χ3v) is 2.67. The minimum absolute atomic E-state index is 0.186. The molecule has 2 aromatic rings. The molecular formula is C14H13FN2O. The summed E-state index contributed by atoms with van der Waals surface area (Å²) in [5.74, 6) is -0.876. The van der Waals surface area contributed by atoms with Gasteiger partial charge < -0.3 is 11.1 Å². The van der Waals surface area contributed by atoms with Gasteiger partial charge in [0.15, 0.2) is 0 Å². The average Bonchev–Trinajstić information content (AvgIpc) is 2.34. The number of amides is 1. The molecule has 2 rings (SSSR count). The van der Waals surface area contributed by atoms with Crippen molar-refractivity contribution in [1.29, 1.82) is 0 Å². The molecule has 0 fully saturated rings. The predicted molar refractivity (Wildman–Crippen MR) is 69.9 cm³/mol. The fourth-order valence-corrected chi connectivity index (χ4v) is 1.67. The molecule has 92 valence electrons. The fraction of sp³-hybridized carbons (Fsp3) is 0.0714. The summed E-state index contributed by atoms with van der Waals surface area (Å²) in [6, 6.07) is 11.3. The lowest BCUT2D eigenvalue weighted by Gasteiger charge is -2.10. The van der Waals surface area contributed by atoms with E-state index < -0.39 is 11.7 Å². The Hall–Kier alpha value is -2.36. The Morgan fingerprint density at radius 1 is 1.17 bits per heavy atom. The standard InChI is InChI=1S/C14H13FN2O/c1-9-5-4-7-11(15)13(9)17-14(18)10-6-2-3-8-12(10)16/h2-8H,16H2,1H3,(H,17,18). The van der Waals surface area contributed by atoms with Crippen molar-refractivity contribution in [1.82, 2.24) is 0 Å². The van der Waals surface area contributed by atoms with Gasteiger partial charge in [-0.2, -0.15) is 0 Å². The van der Waals surface area contributed by atoms with Crippen LogP contribution in [0.15, 0.2) is 42.5 Å². The van der Waals surface area contributed by atoms with Gasteiger partial charge in [-0.1, -0.05) is 24.3 Å². The van der Waals surface area contributed by atoms with E-state index in [0.717, 1.165) is 0 Å². The van der Waals surface area contributed by atoms with E-state index in [4.69, 9.17) is 5.73 Å². The van der Waals surface area contributed by atoms with Gasteiger partial charge in [0.2, 0.25) is 0 Å². The lowest BCUT2D eigenvalue weighted by molar-refractivity contribution is 0.102. The molecule has 0 saturated carbocycles. The SMILES string of the molecule is Cc1cccc(F)c1NC(=O)c1ccccc1N. The van der Waals surface area contributed by atoms with Crippen LogP contribution in [0.3, 0.4) is 0 Å². The van der Waals surface area contributed by atoms with Crippen molar-refractivity contribution in [2.45, 2.75) is 6.92 Å². The van der Waals surface area contributed by atoms with Crippen molar-refractivity contribution in [2.24, 2.45) is 0 Å². The topological polar surface area (TPSA) is 55.1 Å². The van der Waals surface area contributed by atoms with Crippen LogP contribution in [0, 0.1) is 12.7 Å². The third kappa shape index (κ3) is 2.32. The second kappa shape index (κ2) is 4.87. The maximum atomic E-state index is 13.6. The minimum atomic E-state index is -0.460. The number of carbonyl (C=O) groups is 1. The predicted octanol–water partition coefficient (Wildman–Crippen LogP) is 2.97. The molecule has 0 aromatic heterocycles. The van der Waals surface area contributed by atoms with Crippen molar-refractivity contribution in [3.05, 3.63) is 59.4 Å².